The molecule has 0 saturated heterocycles. The molecule has 0 atom stereocenters. The molecule has 1 aromatic rings. The summed E-state index contributed by atoms with van der Waals surface area (Å²) in [6, 6.07) is 9.12. The van der Waals surface area contributed by atoms with E-state index in [4.69, 9.17) is 4.55 Å². The smallest absolute Gasteiger partial charge is 0.269 e. The Kier molecular flexibility index (Phi) is 2.26. The summed E-state index contributed by atoms with van der Waals surface area (Å²) in [6.45, 7) is 0. The lowest BCUT2D eigenvalue weighted by Gasteiger charge is -1.95. The maximum Gasteiger partial charge on any atom is 0.269 e. The molecule has 59 valence electrons. The third kappa shape index (κ3) is 3.15. The minimum absolute atomic E-state index is 0.332. The molecule has 0 unspecified atom stereocenters. The molecule has 11 heavy (non-hydrogen) atoms. The summed E-state index contributed by atoms with van der Waals surface area (Å²) >= 11 is 0. The Morgan fingerprint density at radius 2 is 1.91 bits per heavy atom. The van der Waals surface area contributed by atoms with Crippen LogP contribution in [0.4, 0.5) is 0 Å². The van der Waals surface area contributed by atoms with E-state index in [1.807, 2.05) is 0 Å². The monoisotopic (exact) mass is 171 g/mol. The number of hydrogen-bond donors (Lipinski definition) is 1. The molecule has 0 bridgehead atoms. The SMILES string of the molecule is O=S(=O)(O)Cc1cc[c]cc1. The van der Waals surface area contributed by atoms with Crippen LogP contribution in [-0.2, 0) is 15.9 Å². The summed E-state index contributed by atoms with van der Waals surface area (Å²) in [5.74, 6) is -0.332. The first-order chi connectivity index (χ1) is 5.08. The largest absolute Gasteiger partial charge is 0.285 e. The predicted molar refractivity (Wildman–Crippen MR) is 40.5 cm³/mol. The van der Waals surface area contributed by atoms with Crippen LogP contribution in [0.3, 0.4) is 0 Å². The van der Waals surface area contributed by atoms with Crippen molar-refractivity contribution in [2.45, 2.75) is 5.75 Å². The van der Waals surface area contributed by atoms with Crippen LogP contribution in [0.25, 0.3) is 0 Å². The number of hydrogen-bond acceptors (Lipinski definition) is 2. The molecule has 0 aromatic heterocycles. The van der Waals surface area contributed by atoms with Gasteiger partial charge in [-0.05, 0) is 11.6 Å². The summed E-state index contributed by atoms with van der Waals surface area (Å²) in [4.78, 5) is 0. The van der Waals surface area contributed by atoms with Crippen LogP contribution < -0.4 is 0 Å². The van der Waals surface area contributed by atoms with Crippen molar-refractivity contribution in [1.29, 1.82) is 0 Å². The van der Waals surface area contributed by atoms with Gasteiger partial charge >= 0.3 is 0 Å². The Balaban J connectivity index is 2.82. The van der Waals surface area contributed by atoms with E-state index in [1.165, 1.54) is 0 Å². The molecule has 0 fully saturated rings. The van der Waals surface area contributed by atoms with Gasteiger partial charge < -0.3 is 0 Å². The fraction of sp³-hybridized carbons (Fsp3) is 0.143. The van der Waals surface area contributed by atoms with Gasteiger partial charge in [-0.3, -0.25) is 4.55 Å². The van der Waals surface area contributed by atoms with E-state index < -0.39 is 10.1 Å². The van der Waals surface area contributed by atoms with Gasteiger partial charge in [-0.1, -0.05) is 24.3 Å². The highest BCUT2D eigenvalue weighted by atomic mass is 32.2. The minimum Gasteiger partial charge on any atom is -0.285 e. The molecular weight excluding hydrogens is 164 g/mol. The van der Waals surface area contributed by atoms with Crippen LogP contribution in [0.15, 0.2) is 24.3 Å². The molecule has 1 radical (unpaired) electrons. The molecule has 0 aliphatic carbocycles. The van der Waals surface area contributed by atoms with E-state index in [0.29, 0.717) is 5.56 Å². The van der Waals surface area contributed by atoms with Gasteiger partial charge in [0, 0.05) is 0 Å². The van der Waals surface area contributed by atoms with Gasteiger partial charge in [-0.15, -0.1) is 0 Å². The number of benzene rings is 1. The molecule has 1 aromatic carbocycles. The fourth-order valence-corrected chi connectivity index (χ4v) is 1.34. The summed E-state index contributed by atoms with van der Waals surface area (Å²) < 4.78 is 29.1. The van der Waals surface area contributed by atoms with Crippen LogP contribution in [0.2, 0.25) is 0 Å². The van der Waals surface area contributed by atoms with Gasteiger partial charge in [0.05, 0.1) is 0 Å². The zero-order valence-electron chi connectivity index (χ0n) is 5.69. The van der Waals surface area contributed by atoms with E-state index in [-0.39, 0.29) is 5.75 Å². The average Bonchev–Trinajstić information content (AvgIpc) is 1.85. The lowest BCUT2D eigenvalue weighted by molar-refractivity contribution is 0.482. The van der Waals surface area contributed by atoms with Crippen molar-refractivity contribution in [2.24, 2.45) is 0 Å². The van der Waals surface area contributed by atoms with E-state index in [0.717, 1.165) is 0 Å². The maximum atomic E-state index is 10.3. The maximum absolute atomic E-state index is 10.3. The molecule has 1 N–H and O–H groups in total. The molecule has 0 heterocycles. The summed E-state index contributed by atoms with van der Waals surface area (Å²) in [5, 5.41) is 0. The summed E-state index contributed by atoms with van der Waals surface area (Å²) in [7, 11) is -3.89. The van der Waals surface area contributed by atoms with Crippen molar-refractivity contribution >= 4 is 10.1 Å². The highest BCUT2D eigenvalue weighted by molar-refractivity contribution is 7.85. The third-order valence-electron chi connectivity index (χ3n) is 1.14. The van der Waals surface area contributed by atoms with Crippen LogP contribution in [0.5, 0.6) is 0 Å². The van der Waals surface area contributed by atoms with Gasteiger partial charge in [0.1, 0.15) is 5.75 Å². The first-order valence-electron chi connectivity index (χ1n) is 2.98. The molecule has 4 heteroatoms. The average molecular weight is 171 g/mol. The zero-order chi connectivity index (χ0) is 8.32. The second-order valence-corrected chi connectivity index (χ2v) is 3.59. The lowest BCUT2D eigenvalue weighted by atomic mass is 10.2. The molecule has 0 saturated carbocycles. The van der Waals surface area contributed by atoms with E-state index >= 15 is 0 Å². The molecule has 0 aliphatic rings. The molecule has 3 nitrogen and oxygen atoms in total. The van der Waals surface area contributed by atoms with Crippen LogP contribution in [-0.4, -0.2) is 13.0 Å². The molecule has 0 spiro atoms. The molecular formula is C7H7O3S. The summed E-state index contributed by atoms with van der Waals surface area (Å²) in [5.41, 5.74) is 0.561. The highest BCUT2D eigenvalue weighted by Crippen LogP contribution is 2.02. The molecule has 0 amide bonds. The fourth-order valence-electron chi connectivity index (χ4n) is 0.728. The van der Waals surface area contributed by atoms with E-state index in [9.17, 15) is 8.42 Å². The van der Waals surface area contributed by atoms with Gasteiger partial charge in [0.2, 0.25) is 0 Å². The van der Waals surface area contributed by atoms with Crippen molar-refractivity contribution in [3.8, 4) is 0 Å². The molecule has 0 aliphatic heterocycles. The molecule has 1 rings (SSSR count). The van der Waals surface area contributed by atoms with Gasteiger partial charge in [-0.25, -0.2) is 0 Å². The van der Waals surface area contributed by atoms with Crippen molar-refractivity contribution in [3.63, 3.8) is 0 Å². The van der Waals surface area contributed by atoms with Gasteiger partial charge in [-0.2, -0.15) is 8.42 Å². The van der Waals surface area contributed by atoms with Gasteiger partial charge in [0.25, 0.3) is 10.1 Å². The van der Waals surface area contributed by atoms with Crippen molar-refractivity contribution in [1.82, 2.24) is 0 Å². The van der Waals surface area contributed by atoms with Crippen molar-refractivity contribution in [3.05, 3.63) is 35.9 Å². The lowest BCUT2D eigenvalue weighted by Crippen LogP contribution is -2.00. The predicted octanol–water partition coefficient (Wildman–Crippen LogP) is 0.875. The first kappa shape index (κ1) is 8.23. The quantitative estimate of drug-likeness (QED) is 0.672. The Labute approximate surface area is 65.4 Å². The van der Waals surface area contributed by atoms with E-state index in [2.05, 4.69) is 6.07 Å². The Bertz CT molecular complexity index is 315. The van der Waals surface area contributed by atoms with Gasteiger partial charge in [0.15, 0.2) is 0 Å². The highest BCUT2D eigenvalue weighted by Gasteiger charge is 2.04. The first-order valence-corrected chi connectivity index (χ1v) is 4.59. The Morgan fingerprint density at radius 3 is 2.36 bits per heavy atom. The van der Waals surface area contributed by atoms with Crippen LogP contribution >= 0.6 is 0 Å². The minimum atomic E-state index is -3.89. The van der Waals surface area contributed by atoms with Crippen LogP contribution in [0.1, 0.15) is 5.56 Å². The zero-order valence-corrected chi connectivity index (χ0v) is 6.50. The Hall–Kier alpha value is -0.870. The summed E-state index contributed by atoms with van der Waals surface area (Å²) in [6.07, 6.45) is 0. The second-order valence-electron chi connectivity index (χ2n) is 2.13. The second kappa shape index (κ2) is 3.02. The van der Waals surface area contributed by atoms with Crippen LogP contribution in [0, 0.1) is 6.07 Å². The standard InChI is InChI=1S/C7H7O3S/c8-11(9,10)6-7-4-2-1-3-5-7/h2-5H,6H2,(H,8,9,10). The topological polar surface area (TPSA) is 54.4 Å². The third-order valence-corrected chi connectivity index (χ3v) is 1.83. The van der Waals surface area contributed by atoms with Crippen molar-refractivity contribution < 1.29 is 13.0 Å². The normalized spacial score (nSPS) is 11.4. The number of rotatable bonds is 2. The van der Waals surface area contributed by atoms with E-state index in [1.54, 1.807) is 24.3 Å². The van der Waals surface area contributed by atoms with Crippen molar-refractivity contribution in [2.75, 3.05) is 0 Å². The Morgan fingerprint density at radius 1 is 1.36 bits per heavy atom.